The predicted molar refractivity (Wildman–Crippen MR) is 69.7 cm³/mol. The topological polar surface area (TPSA) is 34.2 Å². The monoisotopic (exact) mass is 290 g/mol. The molecular formula is C12H13F3N2OS. The van der Waals surface area contributed by atoms with Crippen LogP contribution >= 0.6 is 11.3 Å². The van der Waals surface area contributed by atoms with E-state index in [4.69, 9.17) is 0 Å². The first-order valence-corrected chi connectivity index (χ1v) is 6.62. The van der Waals surface area contributed by atoms with Gasteiger partial charge in [-0.1, -0.05) is 18.3 Å². The Morgan fingerprint density at radius 2 is 2.16 bits per heavy atom. The van der Waals surface area contributed by atoms with Crippen LogP contribution in [-0.4, -0.2) is 17.4 Å². The standard InChI is InChI=1S/C12H13F3N2OS/c1-3-7(2)16-11-17-9-5-4-8(6-10(9)19-11)18-12(13,14)15/h4-7H,3H2,1-2H3,(H,16,17). The second kappa shape index (κ2) is 5.24. The molecule has 104 valence electrons. The average molecular weight is 290 g/mol. The van der Waals surface area contributed by atoms with Crippen molar-refractivity contribution in [2.24, 2.45) is 0 Å². The molecule has 1 aromatic heterocycles. The maximum absolute atomic E-state index is 12.1. The van der Waals surface area contributed by atoms with Crippen molar-refractivity contribution in [2.75, 3.05) is 5.32 Å². The summed E-state index contributed by atoms with van der Waals surface area (Å²) in [7, 11) is 0. The lowest BCUT2D eigenvalue weighted by atomic mass is 10.3. The molecule has 0 aliphatic rings. The van der Waals surface area contributed by atoms with Crippen LogP contribution in [0.25, 0.3) is 10.2 Å². The van der Waals surface area contributed by atoms with Crippen LogP contribution in [0.5, 0.6) is 5.75 Å². The van der Waals surface area contributed by atoms with E-state index >= 15 is 0 Å². The Hall–Kier alpha value is -1.50. The second-order valence-corrected chi connectivity index (χ2v) is 5.18. The van der Waals surface area contributed by atoms with E-state index in [0.29, 0.717) is 15.3 Å². The number of ether oxygens (including phenoxy) is 1. The summed E-state index contributed by atoms with van der Waals surface area (Å²) in [4.78, 5) is 4.31. The van der Waals surface area contributed by atoms with Gasteiger partial charge in [0.1, 0.15) is 5.75 Å². The summed E-state index contributed by atoms with van der Waals surface area (Å²) in [5.41, 5.74) is 0.658. The van der Waals surface area contributed by atoms with Crippen LogP contribution in [0.15, 0.2) is 18.2 Å². The minimum atomic E-state index is -4.67. The lowest BCUT2D eigenvalue weighted by Crippen LogP contribution is -2.16. The van der Waals surface area contributed by atoms with E-state index in [-0.39, 0.29) is 11.8 Å². The molecule has 0 aliphatic carbocycles. The third-order valence-corrected chi connectivity index (χ3v) is 3.53. The fourth-order valence-electron chi connectivity index (χ4n) is 1.48. The van der Waals surface area contributed by atoms with Crippen molar-refractivity contribution in [3.63, 3.8) is 0 Å². The van der Waals surface area contributed by atoms with E-state index in [9.17, 15) is 13.2 Å². The van der Waals surface area contributed by atoms with Gasteiger partial charge in [0.2, 0.25) is 0 Å². The molecule has 0 spiro atoms. The molecule has 1 atom stereocenters. The zero-order valence-corrected chi connectivity index (χ0v) is 11.2. The van der Waals surface area contributed by atoms with E-state index in [0.717, 1.165) is 6.42 Å². The number of hydrogen-bond donors (Lipinski definition) is 1. The van der Waals surface area contributed by atoms with Crippen LogP contribution < -0.4 is 10.1 Å². The largest absolute Gasteiger partial charge is 0.573 e. The quantitative estimate of drug-likeness (QED) is 0.906. The van der Waals surface area contributed by atoms with Gasteiger partial charge in [-0.25, -0.2) is 4.98 Å². The zero-order chi connectivity index (χ0) is 14.0. The normalized spacial score (nSPS) is 13.5. The number of hydrogen-bond acceptors (Lipinski definition) is 4. The smallest absolute Gasteiger partial charge is 0.406 e. The molecule has 2 rings (SSSR count). The molecule has 7 heteroatoms. The molecule has 0 amide bonds. The number of nitrogens with zero attached hydrogens (tertiary/aromatic N) is 1. The van der Waals surface area contributed by atoms with Crippen LogP contribution in [0.3, 0.4) is 0 Å². The average Bonchev–Trinajstić information content (AvgIpc) is 2.68. The van der Waals surface area contributed by atoms with Gasteiger partial charge < -0.3 is 10.1 Å². The summed E-state index contributed by atoms with van der Waals surface area (Å²) in [6.45, 7) is 4.06. The van der Waals surface area contributed by atoms with E-state index in [1.54, 1.807) is 0 Å². The van der Waals surface area contributed by atoms with Gasteiger partial charge in [-0.05, 0) is 25.5 Å². The zero-order valence-electron chi connectivity index (χ0n) is 10.4. The van der Waals surface area contributed by atoms with Crippen LogP contribution in [0, 0.1) is 0 Å². The number of aromatic nitrogens is 1. The van der Waals surface area contributed by atoms with E-state index in [2.05, 4.69) is 15.0 Å². The van der Waals surface area contributed by atoms with Gasteiger partial charge in [0.25, 0.3) is 0 Å². The second-order valence-electron chi connectivity index (χ2n) is 4.15. The lowest BCUT2D eigenvalue weighted by molar-refractivity contribution is -0.274. The first-order valence-electron chi connectivity index (χ1n) is 5.80. The Morgan fingerprint density at radius 1 is 1.42 bits per heavy atom. The molecule has 1 heterocycles. The highest BCUT2D eigenvalue weighted by Gasteiger charge is 2.31. The molecule has 19 heavy (non-hydrogen) atoms. The number of anilines is 1. The van der Waals surface area contributed by atoms with Crippen molar-refractivity contribution in [1.29, 1.82) is 0 Å². The highest BCUT2D eigenvalue weighted by molar-refractivity contribution is 7.22. The highest BCUT2D eigenvalue weighted by atomic mass is 32.1. The van der Waals surface area contributed by atoms with Gasteiger partial charge in [-0.2, -0.15) is 0 Å². The fraction of sp³-hybridized carbons (Fsp3) is 0.417. The molecule has 0 saturated heterocycles. The number of halogens is 3. The van der Waals surface area contributed by atoms with Gasteiger partial charge in [-0.15, -0.1) is 13.2 Å². The van der Waals surface area contributed by atoms with E-state index < -0.39 is 6.36 Å². The summed E-state index contributed by atoms with van der Waals surface area (Å²) < 4.78 is 40.9. The minimum Gasteiger partial charge on any atom is -0.406 e. The van der Waals surface area contributed by atoms with Crippen molar-refractivity contribution in [2.45, 2.75) is 32.7 Å². The molecule has 1 unspecified atom stereocenters. The van der Waals surface area contributed by atoms with Crippen LogP contribution in [0.2, 0.25) is 0 Å². The van der Waals surface area contributed by atoms with Crippen molar-refractivity contribution < 1.29 is 17.9 Å². The number of thiazole rings is 1. The highest BCUT2D eigenvalue weighted by Crippen LogP contribution is 2.31. The molecule has 1 aromatic carbocycles. The number of benzene rings is 1. The molecule has 0 radical (unpaired) electrons. The first-order chi connectivity index (χ1) is 8.87. The molecule has 0 aliphatic heterocycles. The van der Waals surface area contributed by atoms with Gasteiger partial charge in [0.15, 0.2) is 5.13 Å². The SMILES string of the molecule is CCC(C)Nc1nc2ccc(OC(F)(F)F)cc2s1. The van der Waals surface area contributed by atoms with Crippen molar-refractivity contribution in [3.8, 4) is 5.75 Å². The maximum Gasteiger partial charge on any atom is 0.573 e. The Balaban J connectivity index is 2.23. The molecule has 0 saturated carbocycles. The summed E-state index contributed by atoms with van der Waals surface area (Å²) in [6.07, 6.45) is -3.73. The fourth-order valence-corrected chi connectivity index (χ4v) is 2.48. The molecule has 3 nitrogen and oxygen atoms in total. The van der Waals surface area contributed by atoms with E-state index in [1.165, 1.54) is 29.5 Å². The Labute approximate surface area is 112 Å². The number of alkyl halides is 3. The van der Waals surface area contributed by atoms with Gasteiger partial charge in [0, 0.05) is 12.1 Å². The van der Waals surface area contributed by atoms with Crippen LogP contribution in [0.1, 0.15) is 20.3 Å². The Kier molecular flexibility index (Phi) is 3.84. The summed E-state index contributed by atoms with van der Waals surface area (Å²) >= 11 is 1.31. The third-order valence-electron chi connectivity index (χ3n) is 2.58. The molecule has 0 fully saturated rings. The summed E-state index contributed by atoms with van der Waals surface area (Å²) in [5, 5.41) is 3.90. The third kappa shape index (κ3) is 3.73. The van der Waals surface area contributed by atoms with Crippen LogP contribution in [-0.2, 0) is 0 Å². The molecule has 2 aromatic rings. The number of nitrogens with one attached hydrogen (secondary N) is 1. The molecular weight excluding hydrogens is 277 g/mol. The van der Waals surface area contributed by atoms with Gasteiger partial charge in [-0.3, -0.25) is 0 Å². The molecule has 1 N–H and O–H groups in total. The lowest BCUT2D eigenvalue weighted by Gasteiger charge is -2.08. The number of rotatable bonds is 4. The predicted octanol–water partition coefficient (Wildman–Crippen LogP) is 4.41. The minimum absolute atomic E-state index is 0.223. The summed E-state index contributed by atoms with van der Waals surface area (Å²) in [6, 6.07) is 4.41. The van der Waals surface area contributed by atoms with Gasteiger partial charge in [0.05, 0.1) is 10.2 Å². The van der Waals surface area contributed by atoms with Crippen LogP contribution in [0.4, 0.5) is 18.3 Å². The number of fused-ring (bicyclic) bond motifs is 1. The van der Waals surface area contributed by atoms with Crippen molar-refractivity contribution in [3.05, 3.63) is 18.2 Å². The van der Waals surface area contributed by atoms with Crippen molar-refractivity contribution >= 4 is 26.7 Å². The Bertz CT molecular complexity index is 568. The van der Waals surface area contributed by atoms with Crippen molar-refractivity contribution in [1.82, 2.24) is 4.98 Å². The summed E-state index contributed by atoms with van der Waals surface area (Å²) in [5.74, 6) is -0.223. The van der Waals surface area contributed by atoms with E-state index in [1.807, 2.05) is 13.8 Å². The Morgan fingerprint density at radius 3 is 2.79 bits per heavy atom. The first kappa shape index (κ1) is 13.9. The maximum atomic E-state index is 12.1. The van der Waals surface area contributed by atoms with Gasteiger partial charge >= 0.3 is 6.36 Å². The molecule has 0 bridgehead atoms.